The van der Waals surface area contributed by atoms with Crippen molar-refractivity contribution in [3.05, 3.63) is 23.9 Å². The van der Waals surface area contributed by atoms with Gasteiger partial charge in [-0.1, -0.05) is 0 Å². The molecule has 0 saturated heterocycles. The minimum atomic E-state index is 0.657. The van der Waals surface area contributed by atoms with Crippen molar-refractivity contribution in [2.24, 2.45) is 0 Å². The highest BCUT2D eigenvalue weighted by Crippen LogP contribution is 2.10. The van der Waals surface area contributed by atoms with Crippen LogP contribution in [0.2, 0.25) is 0 Å². The van der Waals surface area contributed by atoms with Crippen LogP contribution in [0.25, 0.3) is 0 Å². The van der Waals surface area contributed by atoms with E-state index >= 15 is 0 Å². The van der Waals surface area contributed by atoms with E-state index in [1.807, 2.05) is 13.1 Å². The van der Waals surface area contributed by atoms with Crippen molar-refractivity contribution in [3.8, 4) is 6.07 Å². The summed E-state index contributed by atoms with van der Waals surface area (Å²) >= 11 is 0. The molecular weight excluding hydrogens is 200 g/mol. The average molecular weight is 218 g/mol. The molecule has 0 bridgehead atoms. The van der Waals surface area contributed by atoms with E-state index < -0.39 is 0 Å². The molecule has 0 spiro atoms. The third kappa shape index (κ3) is 3.87. The lowest BCUT2D eigenvalue weighted by atomic mass is 10.3. The molecule has 0 saturated carbocycles. The largest absolute Gasteiger partial charge is 0.360 e. The molecular formula is C12H18N4. The zero-order chi connectivity index (χ0) is 12.0. The summed E-state index contributed by atoms with van der Waals surface area (Å²) in [5.41, 5.74) is 0.657. The van der Waals surface area contributed by atoms with E-state index in [4.69, 9.17) is 5.26 Å². The Labute approximate surface area is 97.1 Å². The molecule has 0 aliphatic heterocycles. The molecule has 0 amide bonds. The van der Waals surface area contributed by atoms with Crippen LogP contribution in [0, 0.1) is 11.3 Å². The van der Waals surface area contributed by atoms with Crippen molar-refractivity contribution in [1.29, 1.82) is 5.26 Å². The summed E-state index contributed by atoms with van der Waals surface area (Å²) in [6.45, 7) is 2.00. The molecule has 0 N–H and O–H groups in total. The van der Waals surface area contributed by atoms with Gasteiger partial charge in [0.25, 0.3) is 0 Å². The highest BCUT2D eigenvalue weighted by Gasteiger charge is 2.03. The summed E-state index contributed by atoms with van der Waals surface area (Å²) in [6, 6.07) is 5.66. The van der Waals surface area contributed by atoms with Gasteiger partial charge in [-0.3, -0.25) is 0 Å². The Kier molecular flexibility index (Phi) is 4.74. The first kappa shape index (κ1) is 12.5. The van der Waals surface area contributed by atoms with Crippen molar-refractivity contribution >= 4 is 5.82 Å². The molecule has 0 atom stereocenters. The van der Waals surface area contributed by atoms with Crippen LogP contribution < -0.4 is 4.90 Å². The maximum Gasteiger partial charge on any atom is 0.129 e. The minimum Gasteiger partial charge on any atom is -0.360 e. The van der Waals surface area contributed by atoms with Crippen molar-refractivity contribution in [3.63, 3.8) is 0 Å². The van der Waals surface area contributed by atoms with Gasteiger partial charge in [0.05, 0.1) is 11.6 Å². The van der Waals surface area contributed by atoms with Crippen molar-refractivity contribution in [2.75, 3.05) is 39.1 Å². The molecule has 1 heterocycles. The fourth-order valence-corrected chi connectivity index (χ4v) is 1.44. The Morgan fingerprint density at radius 2 is 2.06 bits per heavy atom. The van der Waals surface area contributed by atoms with E-state index in [0.717, 1.165) is 25.3 Å². The fraction of sp³-hybridized carbons (Fsp3) is 0.500. The summed E-state index contributed by atoms with van der Waals surface area (Å²) in [6.07, 6.45) is 2.76. The van der Waals surface area contributed by atoms with Gasteiger partial charge in [0.1, 0.15) is 5.82 Å². The third-order valence-corrected chi connectivity index (χ3v) is 2.36. The van der Waals surface area contributed by atoms with Crippen molar-refractivity contribution < 1.29 is 0 Å². The van der Waals surface area contributed by atoms with Gasteiger partial charge in [-0.2, -0.15) is 5.26 Å². The lowest BCUT2D eigenvalue weighted by Gasteiger charge is -2.19. The molecule has 0 aliphatic carbocycles. The lowest BCUT2D eigenvalue weighted by Crippen LogP contribution is -2.24. The second-order valence-corrected chi connectivity index (χ2v) is 4.09. The lowest BCUT2D eigenvalue weighted by molar-refractivity contribution is 0.401. The summed E-state index contributed by atoms with van der Waals surface area (Å²) < 4.78 is 0. The Morgan fingerprint density at radius 3 is 2.69 bits per heavy atom. The Bertz CT molecular complexity index is 368. The maximum absolute atomic E-state index is 8.79. The second kappa shape index (κ2) is 6.09. The van der Waals surface area contributed by atoms with Crippen LogP contribution in [0.1, 0.15) is 12.0 Å². The number of anilines is 1. The third-order valence-electron chi connectivity index (χ3n) is 2.36. The van der Waals surface area contributed by atoms with E-state index in [1.165, 1.54) is 0 Å². The first-order chi connectivity index (χ1) is 7.63. The molecule has 16 heavy (non-hydrogen) atoms. The Morgan fingerprint density at radius 1 is 1.31 bits per heavy atom. The van der Waals surface area contributed by atoms with E-state index in [9.17, 15) is 0 Å². The number of nitrogens with zero attached hydrogens (tertiary/aromatic N) is 4. The SMILES string of the molecule is CN(C)CCCN(C)c1cc(C#N)ccn1. The van der Waals surface area contributed by atoms with E-state index in [-0.39, 0.29) is 0 Å². The fourth-order valence-electron chi connectivity index (χ4n) is 1.44. The van der Waals surface area contributed by atoms with Gasteiger partial charge in [0.2, 0.25) is 0 Å². The number of aromatic nitrogens is 1. The molecule has 0 aliphatic rings. The van der Waals surface area contributed by atoms with Gasteiger partial charge in [-0.05, 0) is 39.2 Å². The van der Waals surface area contributed by atoms with Crippen LogP contribution in [0.15, 0.2) is 18.3 Å². The van der Waals surface area contributed by atoms with Crippen LogP contribution in [0.5, 0.6) is 0 Å². The first-order valence-corrected chi connectivity index (χ1v) is 5.35. The monoisotopic (exact) mass is 218 g/mol. The van der Waals surface area contributed by atoms with Crippen molar-refractivity contribution in [1.82, 2.24) is 9.88 Å². The van der Waals surface area contributed by atoms with Crippen LogP contribution in [0.3, 0.4) is 0 Å². The number of hydrogen-bond acceptors (Lipinski definition) is 4. The van der Waals surface area contributed by atoms with Gasteiger partial charge < -0.3 is 9.80 Å². The van der Waals surface area contributed by atoms with Crippen LogP contribution in [-0.4, -0.2) is 44.1 Å². The highest BCUT2D eigenvalue weighted by molar-refractivity contribution is 5.44. The van der Waals surface area contributed by atoms with Gasteiger partial charge in [0, 0.05) is 19.8 Å². The molecule has 4 nitrogen and oxygen atoms in total. The number of hydrogen-bond donors (Lipinski definition) is 0. The van der Waals surface area contributed by atoms with Crippen LogP contribution in [-0.2, 0) is 0 Å². The van der Waals surface area contributed by atoms with Crippen LogP contribution in [0.4, 0.5) is 5.82 Å². The highest BCUT2D eigenvalue weighted by atomic mass is 15.2. The summed E-state index contributed by atoms with van der Waals surface area (Å²) in [5.74, 6) is 0.859. The molecule has 1 aromatic heterocycles. The zero-order valence-corrected chi connectivity index (χ0v) is 10.1. The van der Waals surface area contributed by atoms with Crippen molar-refractivity contribution in [2.45, 2.75) is 6.42 Å². The smallest absolute Gasteiger partial charge is 0.129 e. The summed E-state index contributed by atoms with van der Waals surface area (Å²) in [4.78, 5) is 8.48. The topological polar surface area (TPSA) is 43.2 Å². The zero-order valence-electron chi connectivity index (χ0n) is 10.1. The molecule has 1 rings (SSSR count). The molecule has 0 radical (unpaired) electrons. The number of pyridine rings is 1. The molecule has 1 aromatic rings. The van der Waals surface area contributed by atoms with Gasteiger partial charge in [-0.25, -0.2) is 4.98 Å². The molecule has 86 valence electrons. The maximum atomic E-state index is 8.79. The Balaban J connectivity index is 2.52. The minimum absolute atomic E-state index is 0.657. The van der Waals surface area contributed by atoms with Gasteiger partial charge in [-0.15, -0.1) is 0 Å². The Hall–Kier alpha value is -1.60. The summed E-state index contributed by atoms with van der Waals surface area (Å²) in [7, 11) is 6.13. The molecule has 0 unspecified atom stereocenters. The predicted molar refractivity (Wildman–Crippen MR) is 65.4 cm³/mol. The van der Waals surface area contributed by atoms with E-state index in [2.05, 4.69) is 34.9 Å². The molecule has 0 fully saturated rings. The quantitative estimate of drug-likeness (QED) is 0.748. The first-order valence-electron chi connectivity index (χ1n) is 5.35. The predicted octanol–water partition coefficient (Wildman–Crippen LogP) is 1.34. The molecule has 0 aromatic carbocycles. The number of nitriles is 1. The normalized spacial score (nSPS) is 10.2. The average Bonchev–Trinajstić information content (AvgIpc) is 2.28. The second-order valence-electron chi connectivity index (χ2n) is 4.09. The summed E-state index contributed by atoms with van der Waals surface area (Å²) in [5, 5.41) is 8.79. The number of rotatable bonds is 5. The van der Waals surface area contributed by atoms with Crippen LogP contribution >= 0.6 is 0 Å². The van der Waals surface area contributed by atoms with Gasteiger partial charge in [0.15, 0.2) is 0 Å². The van der Waals surface area contributed by atoms with E-state index in [1.54, 1.807) is 12.3 Å². The standard InChI is InChI=1S/C12H18N4/c1-15(2)7-4-8-16(3)12-9-11(10-13)5-6-14-12/h5-6,9H,4,7-8H2,1-3H3. The van der Waals surface area contributed by atoms with E-state index in [0.29, 0.717) is 5.56 Å². The van der Waals surface area contributed by atoms with Gasteiger partial charge >= 0.3 is 0 Å². The molecule has 4 heteroatoms.